The molecule has 0 aliphatic heterocycles. The van der Waals surface area contributed by atoms with Gasteiger partial charge < -0.3 is 4.52 Å². The van der Waals surface area contributed by atoms with Crippen molar-refractivity contribution in [3.63, 3.8) is 0 Å². The molecule has 0 aromatic rings. The summed E-state index contributed by atoms with van der Waals surface area (Å²) in [5.41, 5.74) is 0. The fourth-order valence-corrected chi connectivity index (χ4v) is 2.44. The quantitative estimate of drug-likeness (QED) is 0.165. The van der Waals surface area contributed by atoms with Crippen LogP contribution < -0.4 is 0 Å². The minimum absolute atomic E-state index is 0.993. The van der Waals surface area contributed by atoms with E-state index in [-0.39, 0.29) is 0 Å². The standard InChI is InChI=1S/C18H33O4P/c1-2-3-4-5-6-7-8-9-10-11-12-13-14-15-16-17-18-22-23(19,20)21/h13-18H,2-12H2,1H3,(H2,19,20,21). The lowest BCUT2D eigenvalue weighted by molar-refractivity contribution is 0.258. The lowest BCUT2D eigenvalue weighted by Gasteiger charge is -2.01. The monoisotopic (exact) mass is 344 g/mol. The molecule has 5 heteroatoms. The van der Waals surface area contributed by atoms with E-state index in [1.54, 1.807) is 6.08 Å². The predicted molar refractivity (Wildman–Crippen MR) is 97.0 cm³/mol. The summed E-state index contributed by atoms with van der Waals surface area (Å²) in [7, 11) is -4.39. The Kier molecular flexibility index (Phi) is 15.5. The molecule has 134 valence electrons. The SMILES string of the molecule is CCCCCCCCCCCCC=CC=CC=COP(=O)(O)O. The van der Waals surface area contributed by atoms with Crippen molar-refractivity contribution >= 4 is 7.82 Å². The average Bonchev–Trinajstić information content (AvgIpc) is 2.49. The fourth-order valence-electron chi connectivity index (χ4n) is 2.21. The van der Waals surface area contributed by atoms with Crippen LogP contribution in [0.4, 0.5) is 0 Å². The van der Waals surface area contributed by atoms with E-state index in [9.17, 15) is 4.57 Å². The van der Waals surface area contributed by atoms with E-state index >= 15 is 0 Å². The first-order valence-electron chi connectivity index (χ1n) is 8.78. The highest BCUT2D eigenvalue weighted by atomic mass is 31.2. The van der Waals surface area contributed by atoms with Crippen LogP contribution >= 0.6 is 7.82 Å². The van der Waals surface area contributed by atoms with Crippen LogP contribution in [0.25, 0.3) is 0 Å². The summed E-state index contributed by atoms with van der Waals surface area (Å²) in [6.07, 6.45) is 24.5. The fraction of sp³-hybridized carbons (Fsp3) is 0.667. The molecule has 0 aromatic heterocycles. The Morgan fingerprint density at radius 3 is 1.87 bits per heavy atom. The Balaban J connectivity index is 3.33. The van der Waals surface area contributed by atoms with Crippen molar-refractivity contribution in [3.05, 3.63) is 36.6 Å². The van der Waals surface area contributed by atoms with Gasteiger partial charge in [0.2, 0.25) is 0 Å². The van der Waals surface area contributed by atoms with Gasteiger partial charge in [-0.3, -0.25) is 9.79 Å². The number of allylic oxidation sites excluding steroid dienone is 5. The van der Waals surface area contributed by atoms with Crippen LogP contribution in [-0.4, -0.2) is 9.79 Å². The first-order chi connectivity index (χ1) is 11.1. The summed E-state index contributed by atoms with van der Waals surface area (Å²) in [5.74, 6) is 0. The van der Waals surface area contributed by atoms with Crippen LogP contribution in [0.2, 0.25) is 0 Å². The lowest BCUT2D eigenvalue weighted by Crippen LogP contribution is -1.81. The number of phosphoric acid groups is 1. The molecule has 0 fully saturated rings. The van der Waals surface area contributed by atoms with Crippen molar-refractivity contribution in [3.8, 4) is 0 Å². The Hall–Kier alpha value is -0.830. The Labute approximate surface area is 141 Å². The summed E-state index contributed by atoms with van der Waals surface area (Å²) < 4.78 is 14.5. The minimum Gasteiger partial charge on any atom is -0.412 e. The molecule has 4 nitrogen and oxygen atoms in total. The molecule has 0 aromatic carbocycles. The average molecular weight is 344 g/mol. The third-order valence-corrected chi connectivity index (χ3v) is 3.87. The summed E-state index contributed by atoms with van der Waals surface area (Å²) in [6, 6.07) is 0. The second-order valence-electron chi connectivity index (χ2n) is 5.71. The Bertz CT molecular complexity index is 382. The Morgan fingerprint density at radius 1 is 0.783 bits per heavy atom. The first-order valence-corrected chi connectivity index (χ1v) is 10.3. The summed E-state index contributed by atoms with van der Waals surface area (Å²) in [6.45, 7) is 2.25. The van der Waals surface area contributed by atoms with Crippen LogP contribution in [0.5, 0.6) is 0 Å². The molecule has 0 atom stereocenters. The zero-order valence-electron chi connectivity index (χ0n) is 14.4. The molecule has 0 saturated heterocycles. The summed E-state index contributed by atoms with van der Waals surface area (Å²) in [4.78, 5) is 16.9. The summed E-state index contributed by atoms with van der Waals surface area (Å²) >= 11 is 0. The maximum Gasteiger partial charge on any atom is 0.524 e. The Morgan fingerprint density at radius 2 is 1.30 bits per heavy atom. The van der Waals surface area contributed by atoms with Crippen LogP contribution in [-0.2, 0) is 9.09 Å². The maximum atomic E-state index is 10.4. The molecule has 0 saturated carbocycles. The zero-order chi connectivity index (χ0) is 17.2. The smallest absolute Gasteiger partial charge is 0.412 e. The molecule has 0 aliphatic rings. The second kappa shape index (κ2) is 16.0. The van der Waals surface area contributed by atoms with E-state index in [1.165, 1.54) is 70.3 Å². The van der Waals surface area contributed by atoms with Crippen molar-refractivity contribution in [2.45, 2.75) is 77.6 Å². The van der Waals surface area contributed by atoms with Gasteiger partial charge in [-0.25, -0.2) is 4.57 Å². The van der Waals surface area contributed by atoms with Gasteiger partial charge in [-0.05, 0) is 18.9 Å². The van der Waals surface area contributed by atoms with Crippen molar-refractivity contribution in [2.75, 3.05) is 0 Å². The molecule has 0 aliphatic carbocycles. The van der Waals surface area contributed by atoms with Crippen molar-refractivity contribution in [1.82, 2.24) is 0 Å². The van der Waals surface area contributed by atoms with E-state index in [0.717, 1.165) is 12.7 Å². The van der Waals surface area contributed by atoms with Gasteiger partial charge in [0.15, 0.2) is 0 Å². The second-order valence-corrected chi connectivity index (χ2v) is 6.90. The van der Waals surface area contributed by atoms with Gasteiger partial charge in [-0.2, -0.15) is 0 Å². The van der Waals surface area contributed by atoms with Gasteiger partial charge in [0.25, 0.3) is 0 Å². The highest BCUT2D eigenvalue weighted by Crippen LogP contribution is 2.35. The van der Waals surface area contributed by atoms with E-state index in [1.807, 2.05) is 12.2 Å². The van der Waals surface area contributed by atoms with Gasteiger partial charge in [0.05, 0.1) is 6.26 Å². The van der Waals surface area contributed by atoms with Crippen molar-refractivity contribution in [1.29, 1.82) is 0 Å². The number of unbranched alkanes of at least 4 members (excludes halogenated alkanes) is 10. The molecule has 0 unspecified atom stereocenters. The lowest BCUT2D eigenvalue weighted by atomic mass is 10.1. The van der Waals surface area contributed by atoms with E-state index in [0.29, 0.717) is 0 Å². The molecule has 0 amide bonds. The third kappa shape index (κ3) is 21.2. The van der Waals surface area contributed by atoms with Gasteiger partial charge in [0.1, 0.15) is 0 Å². The largest absolute Gasteiger partial charge is 0.524 e. The number of phosphoric ester groups is 1. The van der Waals surface area contributed by atoms with Crippen molar-refractivity contribution in [2.24, 2.45) is 0 Å². The predicted octanol–water partition coefficient (Wildman–Crippen LogP) is 6.03. The number of hydrogen-bond donors (Lipinski definition) is 2. The molecular weight excluding hydrogens is 311 g/mol. The van der Waals surface area contributed by atoms with E-state index < -0.39 is 7.82 Å². The summed E-state index contributed by atoms with van der Waals surface area (Å²) in [5, 5.41) is 0. The van der Waals surface area contributed by atoms with Crippen LogP contribution in [0.15, 0.2) is 36.6 Å². The highest BCUT2D eigenvalue weighted by Gasteiger charge is 2.10. The molecule has 23 heavy (non-hydrogen) atoms. The number of rotatable bonds is 15. The minimum atomic E-state index is -4.39. The highest BCUT2D eigenvalue weighted by molar-refractivity contribution is 7.46. The van der Waals surface area contributed by atoms with Crippen LogP contribution in [0.3, 0.4) is 0 Å². The van der Waals surface area contributed by atoms with Crippen LogP contribution in [0.1, 0.15) is 77.6 Å². The normalized spacial score (nSPS) is 12.8. The molecule has 2 N–H and O–H groups in total. The molecule has 0 rings (SSSR count). The van der Waals surface area contributed by atoms with Crippen molar-refractivity contribution < 1.29 is 18.9 Å². The van der Waals surface area contributed by atoms with E-state index in [4.69, 9.17) is 9.79 Å². The molecule has 0 bridgehead atoms. The maximum absolute atomic E-state index is 10.4. The number of hydrogen-bond acceptors (Lipinski definition) is 2. The van der Waals surface area contributed by atoms with Gasteiger partial charge >= 0.3 is 7.82 Å². The molecule has 0 radical (unpaired) electrons. The van der Waals surface area contributed by atoms with Crippen LogP contribution in [0, 0.1) is 0 Å². The zero-order valence-corrected chi connectivity index (χ0v) is 15.3. The van der Waals surface area contributed by atoms with Gasteiger partial charge in [-0.15, -0.1) is 0 Å². The third-order valence-electron chi connectivity index (χ3n) is 3.47. The van der Waals surface area contributed by atoms with Gasteiger partial charge in [-0.1, -0.05) is 89.0 Å². The van der Waals surface area contributed by atoms with Gasteiger partial charge in [0, 0.05) is 0 Å². The molecular formula is C18H33O4P. The topological polar surface area (TPSA) is 66.8 Å². The first kappa shape index (κ1) is 22.2. The molecule has 0 spiro atoms. The molecule has 0 heterocycles. The van der Waals surface area contributed by atoms with E-state index in [2.05, 4.69) is 17.5 Å².